The minimum absolute atomic E-state index is 0.855. The van der Waals surface area contributed by atoms with Crippen molar-refractivity contribution in [3.8, 4) is 17.1 Å². The molecule has 0 N–H and O–H groups in total. The van der Waals surface area contributed by atoms with Gasteiger partial charge >= 0.3 is 0 Å². The van der Waals surface area contributed by atoms with E-state index in [1.807, 2.05) is 0 Å². The molecule has 0 spiro atoms. The Morgan fingerprint density at radius 2 is 1.07 bits per heavy atom. The molecule has 0 aliphatic heterocycles. The van der Waals surface area contributed by atoms with Crippen molar-refractivity contribution in [3.63, 3.8) is 0 Å². The van der Waals surface area contributed by atoms with Gasteiger partial charge in [-0.2, -0.15) is 0 Å². The fourth-order valence-electron chi connectivity index (χ4n) is 7.14. The second kappa shape index (κ2) is 7.56. The molecule has 2 aromatic heterocycles. The van der Waals surface area contributed by atoms with Crippen molar-refractivity contribution in [2.45, 2.75) is 0 Å². The van der Waals surface area contributed by atoms with E-state index >= 15 is 0 Å². The lowest BCUT2D eigenvalue weighted by Crippen LogP contribution is -2.04. The van der Waals surface area contributed by atoms with Crippen molar-refractivity contribution < 1.29 is 0 Å². The Bertz CT molecular complexity index is 2630. The molecule has 41 heavy (non-hydrogen) atoms. The molecule has 8 aromatic carbocycles. The zero-order valence-electron chi connectivity index (χ0n) is 22.0. The van der Waals surface area contributed by atoms with Gasteiger partial charge in [0.2, 0.25) is 0 Å². The average molecular weight is 520 g/mol. The molecular formula is C38H21N3. The number of nitrogens with zero attached hydrogens (tertiary/aromatic N) is 3. The summed E-state index contributed by atoms with van der Waals surface area (Å²) in [4.78, 5) is 10.8. The first-order valence-electron chi connectivity index (χ1n) is 14.0. The molecule has 0 unspecified atom stereocenters. The van der Waals surface area contributed by atoms with E-state index in [0.717, 1.165) is 44.5 Å². The summed E-state index contributed by atoms with van der Waals surface area (Å²) < 4.78 is 2.35. The van der Waals surface area contributed by atoms with Gasteiger partial charge in [0.05, 0.1) is 22.1 Å². The molecule has 0 atom stereocenters. The highest BCUT2D eigenvalue weighted by atomic mass is 15.1. The normalized spacial score (nSPS) is 12.4. The maximum absolute atomic E-state index is 5.41. The van der Waals surface area contributed by atoms with Gasteiger partial charge in [-0.3, -0.25) is 4.57 Å². The van der Waals surface area contributed by atoms with Crippen molar-refractivity contribution in [2.24, 2.45) is 0 Å². The molecule has 188 valence electrons. The Hall–Kier alpha value is -5.54. The number of hydrogen-bond donors (Lipinski definition) is 0. The Balaban J connectivity index is 1.44. The van der Waals surface area contributed by atoms with Crippen LogP contribution in [-0.2, 0) is 0 Å². The topological polar surface area (TPSA) is 30.7 Å². The fraction of sp³-hybridized carbons (Fsp3) is 0. The lowest BCUT2D eigenvalue weighted by atomic mass is 9.89. The lowest BCUT2D eigenvalue weighted by Gasteiger charge is -2.15. The van der Waals surface area contributed by atoms with Crippen LogP contribution < -0.4 is 0 Å². The molecule has 0 saturated heterocycles. The molecule has 0 fully saturated rings. The molecule has 0 aliphatic carbocycles. The van der Waals surface area contributed by atoms with Gasteiger partial charge in [-0.15, -0.1) is 0 Å². The third kappa shape index (κ3) is 2.68. The van der Waals surface area contributed by atoms with E-state index in [4.69, 9.17) is 9.97 Å². The van der Waals surface area contributed by atoms with Crippen LogP contribution in [-0.4, -0.2) is 14.5 Å². The largest absolute Gasteiger partial charge is 0.292 e. The van der Waals surface area contributed by atoms with Crippen LogP contribution in [0.2, 0.25) is 0 Å². The molecule has 2 heterocycles. The third-order valence-electron chi connectivity index (χ3n) is 8.87. The quantitative estimate of drug-likeness (QED) is 0.168. The highest BCUT2D eigenvalue weighted by molar-refractivity contribution is 6.40. The smallest absolute Gasteiger partial charge is 0.165 e. The minimum atomic E-state index is 0.855. The predicted octanol–water partition coefficient (Wildman–Crippen LogP) is 9.88. The van der Waals surface area contributed by atoms with Crippen LogP contribution in [0.1, 0.15) is 0 Å². The van der Waals surface area contributed by atoms with Crippen LogP contribution in [0.15, 0.2) is 127 Å². The van der Waals surface area contributed by atoms with Gasteiger partial charge in [0.25, 0.3) is 0 Å². The molecule has 0 bridgehead atoms. The fourth-order valence-corrected chi connectivity index (χ4v) is 7.14. The summed E-state index contributed by atoms with van der Waals surface area (Å²) in [5.74, 6) is 0.855. The Morgan fingerprint density at radius 1 is 0.415 bits per heavy atom. The van der Waals surface area contributed by atoms with Crippen molar-refractivity contribution >= 4 is 75.9 Å². The van der Waals surface area contributed by atoms with Gasteiger partial charge in [-0.1, -0.05) is 109 Å². The Morgan fingerprint density at radius 3 is 1.98 bits per heavy atom. The molecule has 10 rings (SSSR count). The summed E-state index contributed by atoms with van der Waals surface area (Å²) in [6.45, 7) is 0. The van der Waals surface area contributed by atoms with E-state index in [1.54, 1.807) is 0 Å². The van der Waals surface area contributed by atoms with Crippen LogP contribution >= 0.6 is 0 Å². The molecular weight excluding hydrogens is 498 g/mol. The number of fused-ring (bicyclic) bond motifs is 4. The summed E-state index contributed by atoms with van der Waals surface area (Å²) in [5.41, 5.74) is 6.07. The summed E-state index contributed by atoms with van der Waals surface area (Å²) >= 11 is 0. The van der Waals surface area contributed by atoms with Crippen molar-refractivity contribution in [1.29, 1.82) is 0 Å². The SMILES string of the molecule is c1ccc(-c2nc3c(ccc4ccccc43)nc2-n2c3cccc4c5cccc6ccc7ccc2c(c7c65)c43)cc1. The van der Waals surface area contributed by atoms with Gasteiger partial charge in [-0.25, -0.2) is 9.97 Å². The van der Waals surface area contributed by atoms with Gasteiger partial charge in [0, 0.05) is 27.1 Å². The molecule has 0 aliphatic rings. The summed E-state index contributed by atoms with van der Waals surface area (Å²) in [6.07, 6.45) is 0. The first-order valence-corrected chi connectivity index (χ1v) is 14.0. The van der Waals surface area contributed by atoms with E-state index in [-0.39, 0.29) is 0 Å². The first-order chi connectivity index (χ1) is 20.3. The highest BCUT2D eigenvalue weighted by Gasteiger charge is 2.24. The molecule has 3 heteroatoms. The zero-order chi connectivity index (χ0) is 26.7. The zero-order valence-corrected chi connectivity index (χ0v) is 22.0. The Labute approximate surface area is 234 Å². The second-order valence-electron chi connectivity index (χ2n) is 11.0. The van der Waals surface area contributed by atoms with Crippen LogP contribution in [0, 0.1) is 0 Å². The van der Waals surface area contributed by atoms with E-state index in [0.29, 0.717) is 0 Å². The number of hydrogen-bond acceptors (Lipinski definition) is 2. The van der Waals surface area contributed by atoms with Crippen molar-refractivity contribution in [3.05, 3.63) is 127 Å². The summed E-state index contributed by atoms with van der Waals surface area (Å²) in [6, 6.07) is 45.6. The van der Waals surface area contributed by atoms with Crippen LogP contribution in [0.5, 0.6) is 0 Å². The maximum Gasteiger partial charge on any atom is 0.165 e. The highest BCUT2D eigenvalue weighted by Crippen LogP contribution is 2.47. The molecule has 0 radical (unpaired) electrons. The standard InChI is InChI=1S/C38H21N3/c1-2-9-25(10-3-1)36-38(39-29-20-18-22-8-4-5-12-26(22)37(29)40-36)41-30-15-7-14-28-27-13-6-11-23-16-17-24-19-21-31(41)35(34(28)30)33(24)32(23)27/h1-21H. The monoisotopic (exact) mass is 519 g/mol. The minimum Gasteiger partial charge on any atom is -0.292 e. The maximum atomic E-state index is 5.41. The number of benzene rings is 8. The van der Waals surface area contributed by atoms with E-state index in [2.05, 4.69) is 132 Å². The van der Waals surface area contributed by atoms with Gasteiger partial charge < -0.3 is 0 Å². The van der Waals surface area contributed by atoms with Gasteiger partial charge in [0.1, 0.15) is 5.69 Å². The predicted molar refractivity (Wildman–Crippen MR) is 172 cm³/mol. The summed E-state index contributed by atoms with van der Waals surface area (Å²) in [5, 5.41) is 12.7. The second-order valence-corrected chi connectivity index (χ2v) is 11.0. The third-order valence-corrected chi connectivity index (χ3v) is 8.87. The molecule has 0 saturated carbocycles. The Kier molecular flexibility index (Phi) is 3.93. The van der Waals surface area contributed by atoms with Crippen molar-refractivity contribution in [1.82, 2.24) is 14.5 Å². The van der Waals surface area contributed by atoms with Crippen LogP contribution in [0.4, 0.5) is 0 Å². The van der Waals surface area contributed by atoms with Crippen LogP contribution in [0.25, 0.3) is 93.0 Å². The van der Waals surface area contributed by atoms with Crippen LogP contribution in [0.3, 0.4) is 0 Å². The molecule has 3 nitrogen and oxygen atoms in total. The first kappa shape index (κ1) is 21.3. The number of aromatic nitrogens is 3. The van der Waals surface area contributed by atoms with E-state index < -0.39 is 0 Å². The summed E-state index contributed by atoms with van der Waals surface area (Å²) in [7, 11) is 0. The van der Waals surface area contributed by atoms with Gasteiger partial charge in [0.15, 0.2) is 5.82 Å². The van der Waals surface area contributed by atoms with Crippen molar-refractivity contribution in [2.75, 3.05) is 0 Å². The van der Waals surface area contributed by atoms with E-state index in [1.165, 1.54) is 48.5 Å². The lowest BCUT2D eigenvalue weighted by molar-refractivity contribution is 1.08. The van der Waals surface area contributed by atoms with Gasteiger partial charge in [-0.05, 0) is 50.5 Å². The average Bonchev–Trinajstić information content (AvgIpc) is 3.38. The number of rotatable bonds is 2. The molecule has 10 aromatic rings. The van der Waals surface area contributed by atoms with E-state index in [9.17, 15) is 0 Å². The molecule has 0 amide bonds.